The van der Waals surface area contributed by atoms with Crippen LogP contribution >= 0.6 is 0 Å². The van der Waals surface area contributed by atoms with Crippen molar-refractivity contribution in [1.29, 1.82) is 5.26 Å². The van der Waals surface area contributed by atoms with Gasteiger partial charge in [0.1, 0.15) is 6.04 Å². The smallest absolute Gasteiger partial charge is 0.318 e. The van der Waals surface area contributed by atoms with Gasteiger partial charge in [-0.2, -0.15) is 5.26 Å². The van der Waals surface area contributed by atoms with Gasteiger partial charge in [0.15, 0.2) is 0 Å². The van der Waals surface area contributed by atoms with E-state index in [0.717, 1.165) is 0 Å². The molecule has 0 saturated heterocycles. The summed E-state index contributed by atoms with van der Waals surface area (Å²) < 4.78 is 0. The van der Waals surface area contributed by atoms with Gasteiger partial charge in [0.25, 0.3) is 0 Å². The molecule has 0 heterocycles. The number of carbonyl (C=O) groups excluding carboxylic acids is 2. The van der Waals surface area contributed by atoms with Gasteiger partial charge in [0, 0.05) is 5.69 Å². The molecule has 3 amide bonds. The van der Waals surface area contributed by atoms with E-state index in [2.05, 4.69) is 5.32 Å². The summed E-state index contributed by atoms with van der Waals surface area (Å²) in [5, 5.41) is 13.5. The van der Waals surface area contributed by atoms with Crippen LogP contribution in [-0.4, -0.2) is 18.0 Å². The second kappa shape index (κ2) is 5.51. The van der Waals surface area contributed by atoms with Gasteiger partial charge in [-0.3, -0.25) is 10.1 Å². The quantitative estimate of drug-likeness (QED) is 0.707. The number of hydrogen-bond acceptors (Lipinski definition) is 4. The first-order chi connectivity index (χ1) is 8.02. The zero-order valence-electron chi connectivity index (χ0n) is 9.23. The Morgan fingerprint density at radius 2 is 1.94 bits per heavy atom. The molecular weight excluding hydrogens is 220 g/mol. The lowest BCUT2D eigenvalue weighted by atomic mass is 10.2. The van der Waals surface area contributed by atoms with Crippen LogP contribution in [0.2, 0.25) is 0 Å². The highest BCUT2D eigenvalue weighted by molar-refractivity contribution is 5.97. The molecule has 0 aliphatic carbocycles. The number of amides is 3. The molecule has 0 saturated carbocycles. The first kappa shape index (κ1) is 12.5. The molecule has 1 atom stereocenters. The van der Waals surface area contributed by atoms with Gasteiger partial charge >= 0.3 is 6.03 Å². The maximum atomic E-state index is 11.4. The molecule has 0 aliphatic rings. The van der Waals surface area contributed by atoms with Crippen molar-refractivity contribution in [1.82, 2.24) is 5.32 Å². The summed E-state index contributed by atoms with van der Waals surface area (Å²) in [5.74, 6) is -0.512. The molecule has 1 aromatic carbocycles. The first-order valence-corrected chi connectivity index (χ1v) is 4.90. The Bertz CT molecular complexity index is 461. The van der Waals surface area contributed by atoms with Gasteiger partial charge in [-0.15, -0.1) is 0 Å². The van der Waals surface area contributed by atoms with E-state index in [0.29, 0.717) is 11.3 Å². The Morgan fingerprint density at radius 1 is 1.35 bits per heavy atom. The second-order valence-corrected chi connectivity index (χ2v) is 3.41. The third-order valence-corrected chi connectivity index (χ3v) is 2.04. The van der Waals surface area contributed by atoms with E-state index in [1.54, 1.807) is 31.2 Å². The molecule has 88 valence electrons. The number of nitrogens with zero attached hydrogens (tertiary/aromatic N) is 1. The maximum absolute atomic E-state index is 11.4. The minimum Gasteiger partial charge on any atom is -0.374 e. The number of carbonyl (C=O) groups is 2. The Balaban J connectivity index is 2.61. The third-order valence-electron chi connectivity index (χ3n) is 2.04. The average molecular weight is 232 g/mol. The lowest BCUT2D eigenvalue weighted by Crippen LogP contribution is -2.43. The summed E-state index contributed by atoms with van der Waals surface area (Å²) >= 11 is 0. The minimum absolute atomic E-state index is 0.512. The zero-order valence-corrected chi connectivity index (χ0v) is 9.23. The van der Waals surface area contributed by atoms with E-state index in [9.17, 15) is 9.59 Å². The minimum atomic E-state index is -0.886. The van der Waals surface area contributed by atoms with Crippen LogP contribution in [0, 0.1) is 11.3 Å². The number of benzene rings is 1. The van der Waals surface area contributed by atoms with E-state index >= 15 is 0 Å². The standard InChI is InChI=1S/C11H12N4O2/c1-7(10(16)15-11(13)17)14-9-4-2-8(6-12)3-5-9/h2-5,7,14H,1H3,(H3,13,15,16,17). The zero-order chi connectivity index (χ0) is 12.8. The van der Waals surface area contributed by atoms with Crippen molar-refractivity contribution in [2.75, 3.05) is 5.32 Å². The van der Waals surface area contributed by atoms with Gasteiger partial charge in [0.05, 0.1) is 11.6 Å². The van der Waals surface area contributed by atoms with Crippen molar-refractivity contribution in [2.24, 2.45) is 5.73 Å². The van der Waals surface area contributed by atoms with E-state index in [4.69, 9.17) is 11.0 Å². The maximum Gasteiger partial charge on any atom is 0.318 e. The van der Waals surface area contributed by atoms with E-state index in [-0.39, 0.29) is 0 Å². The molecule has 4 N–H and O–H groups in total. The largest absolute Gasteiger partial charge is 0.374 e. The molecular formula is C11H12N4O2. The predicted molar refractivity (Wildman–Crippen MR) is 62.0 cm³/mol. The first-order valence-electron chi connectivity index (χ1n) is 4.90. The van der Waals surface area contributed by atoms with Gasteiger partial charge in [-0.1, -0.05) is 0 Å². The van der Waals surface area contributed by atoms with Crippen molar-refractivity contribution >= 4 is 17.6 Å². The Hall–Kier alpha value is -2.55. The number of nitrogens with two attached hydrogens (primary N) is 1. The van der Waals surface area contributed by atoms with Crippen LogP contribution in [0.25, 0.3) is 0 Å². The SMILES string of the molecule is CC(Nc1ccc(C#N)cc1)C(=O)NC(N)=O. The Labute approximate surface area is 98.4 Å². The fourth-order valence-corrected chi connectivity index (χ4v) is 1.19. The molecule has 1 unspecified atom stereocenters. The highest BCUT2D eigenvalue weighted by Crippen LogP contribution is 2.09. The number of hydrogen-bond donors (Lipinski definition) is 3. The van der Waals surface area contributed by atoms with Crippen molar-refractivity contribution in [3.8, 4) is 6.07 Å². The van der Waals surface area contributed by atoms with Gasteiger partial charge in [-0.25, -0.2) is 4.79 Å². The summed E-state index contributed by atoms with van der Waals surface area (Å²) in [6, 6.07) is 7.10. The van der Waals surface area contributed by atoms with Crippen molar-refractivity contribution in [3.05, 3.63) is 29.8 Å². The molecule has 6 nitrogen and oxygen atoms in total. The Kier molecular flexibility index (Phi) is 4.06. The molecule has 0 bridgehead atoms. The number of primary amides is 1. The second-order valence-electron chi connectivity index (χ2n) is 3.41. The summed E-state index contributed by atoms with van der Waals surface area (Å²) in [6.07, 6.45) is 0. The topological polar surface area (TPSA) is 108 Å². The van der Waals surface area contributed by atoms with Crippen LogP contribution in [0.3, 0.4) is 0 Å². The summed E-state index contributed by atoms with van der Waals surface area (Å²) in [6.45, 7) is 1.59. The number of imide groups is 1. The third kappa shape index (κ3) is 3.83. The average Bonchev–Trinajstić information content (AvgIpc) is 2.29. The van der Waals surface area contributed by atoms with Crippen LogP contribution in [0.4, 0.5) is 10.5 Å². The van der Waals surface area contributed by atoms with Crippen LogP contribution in [0.1, 0.15) is 12.5 Å². The molecule has 17 heavy (non-hydrogen) atoms. The summed E-state index contributed by atoms with van der Waals surface area (Å²) in [5.41, 5.74) is 6.04. The van der Waals surface area contributed by atoms with Crippen LogP contribution in [-0.2, 0) is 4.79 Å². The number of nitriles is 1. The summed E-state index contributed by atoms with van der Waals surface area (Å²) in [4.78, 5) is 21.8. The van der Waals surface area contributed by atoms with Gasteiger partial charge in [0.2, 0.25) is 5.91 Å². The lowest BCUT2D eigenvalue weighted by molar-refractivity contribution is -0.120. The number of rotatable bonds is 3. The van der Waals surface area contributed by atoms with Crippen molar-refractivity contribution in [3.63, 3.8) is 0 Å². The molecule has 0 radical (unpaired) electrons. The molecule has 1 aromatic rings. The van der Waals surface area contributed by atoms with Gasteiger partial charge < -0.3 is 11.1 Å². The Morgan fingerprint density at radius 3 is 2.41 bits per heavy atom. The van der Waals surface area contributed by atoms with Crippen molar-refractivity contribution in [2.45, 2.75) is 13.0 Å². The fourth-order valence-electron chi connectivity index (χ4n) is 1.19. The molecule has 0 aliphatic heterocycles. The number of anilines is 1. The molecule has 0 aromatic heterocycles. The van der Waals surface area contributed by atoms with Crippen LogP contribution in [0.15, 0.2) is 24.3 Å². The highest BCUT2D eigenvalue weighted by atomic mass is 16.2. The fraction of sp³-hybridized carbons (Fsp3) is 0.182. The molecule has 0 spiro atoms. The molecule has 6 heteroatoms. The number of nitrogens with one attached hydrogen (secondary N) is 2. The monoisotopic (exact) mass is 232 g/mol. The molecule has 1 rings (SSSR count). The van der Waals surface area contributed by atoms with Gasteiger partial charge in [-0.05, 0) is 31.2 Å². The summed E-state index contributed by atoms with van der Waals surface area (Å²) in [7, 11) is 0. The van der Waals surface area contributed by atoms with Crippen LogP contribution < -0.4 is 16.4 Å². The van der Waals surface area contributed by atoms with E-state index < -0.39 is 18.0 Å². The van der Waals surface area contributed by atoms with Crippen molar-refractivity contribution < 1.29 is 9.59 Å². The van der Waals surface area contributed by atoms with E-state index in [1.165, 1.54) is 0 Å². The van der Waals surface area contributed by atoms with Crippen LogP contribution in [0.5, 0.6) is 0 Å². The number of urea groups is 1. The molecule has 0 fully saturated rings. The normalized spacial score (nSPS) is 11.1. The highest BCUT2D eigenvalue weighted by Gasteiger charge is 2.13. The predicted octanol–water partition coefficient (Wildman–Crippen LogP) is 0.554. The lowest BCUT2D eigenvalue weighted by Gasteiger charge is -2.13. The van der Waals surface area contributed by atoms with E-state index in [1.807, 2.05) is 11.4 Å².